The van der Waals surface area contributed by atoms with Crippen molar-refractivity contribution in [3.8, 4) is 6.07 Å². The molecular formula is C8H13IN2. The summed E-state index contributed by atoms with van der Waals surface area (Å²) in [6, 6.07) is 2.34. The second-order valence-corrected chi connectivity index (χ2v) is 4.01. The van der Waals surface area contributed by atoms with E-state index in [4.69, 9.17) is 5.26 Å². The van der Waals surface area contributed by atoms with Gasteiger partial charge in [-0.15, -0.1) is 0 Å². The van der Waals surface area contributed by atoms with Crippen molar-refractivity contribution in [1.82, 2.24) is 4.90 Å². The third-order valence-corrected chi connectivity index (χ3v) is 2.65. The number of rotatable bonds is 2. The van der Waals surface area contributed by atoms with Crippen molar-refractivity contribution in [3.05, 3.63) is 0 Å². The Labute approximate surface area is 81.7 Å². The molecule has 1 heterocycles. The van der Waals surface area contributed by atoms with E-state index in [1.165, 1.54) is 11.0 Å². The van der Waals surface area contributed by atoms with Crippen LogP contribution in [0.3, 0.4) is 0 Å². The topological polar surface area (TPSA) is 27.0 Å². The van der Waals surface area contributed by atoms with Crippen molar-refractivity contribution in [2.24, 2.45) is 5.92 Å². The Kier molecular flexibility index (Phi) is 4.16. The van der Waals surface area contributed by atoms with Gasteiger partial charge in [0.1, 0.15) is 0 Å². The zero-order valence-corrected chi connectivity index (χ0v) is 8.75. The lowest BCUT2D eigenvalue weighted by atomic mass is 9.99. The standard InChI is InChI=1S/C8H13IN2/c9-3-6-11-4-1-8(7-10)2-5-11/h8H,1-6H2. The Hall–Kier alpha value is 0.180. The Bertz CT molecular complexity index is 145. The highest BCUT2D eigenvalue weighted by Crippen LogP contribution is 2.15. The Morgan fingerprint density at radius 2 is 2.09 bits per heavy atom. The van der Waals surface area contributed by atoms with Crippen molar-refractivity contribution in [3.63, 3.8) is 0 Å². The first-order valence-electron chi connectivity index (χ1n) is 4.04. The summed E-state index contributed by atoms with van der Waals surface area (Å²) in [5.74, 6) is 0.334. The SMILES string of the molecule is N#CC1CCN(CCI)CC1. The summed E-state index contributed by atoms with van der Waals surface area (Å²) in [5, 5.41) is 8.64. The van der Waals surface area contributed by atoms with Gasteiger partial charge in [0.15, 0.2) is 0 Å². The smallest absolute Gasteiger partial charge is 0.0656 e. The molecule has 1 saturated heterocycles. The zero-order valence-electron chi connectivity index (χ0n) is 6.59. The summed E-state index contributed by atoms with van der Waals surface area (Å²) in [6.07, 6.45) is 2.15. The lowest BCUT2D eigenvalue weighted by Gasteiger charge is -2.28. The van der Waals surface area contributed by atoms with Gasteiger partial charge >= 0.3 is 0 Å². The van der Waals surface area contributed by atoms with Crippen LogP contribution in [0.1, 0.15) is 12.8 Å². The molecule has 62 valence electrons. The average molecular weight is 264 g/mol. The van der Waals surface area contributed by atoms with Crippen LogP contribution in [0.4, 0.5) is 0 Å². The lowest BCUT2D eigenvalue weighted by Crippen LogP contribution is -2.34. The van der Waals surface area contributed by atoms with E-state index in [0.717, 1.165) is 25.9 Å². The number of likely N-dealkylation sites (tertiary alicyclic amines) is 1. The summed E-state index contributed by atoms with van der Waals surface area (Å²) in [4.78, 5) is 2.44. The molecule has 0 aliphatic carbocycles. The van der Waals surface area contributed by atoms with Crippen LogP contribution in [-0.2, 0) is 0 Å². The maximum absolute atomic E-state index is 8.64. The number of nitriles is 1. The van der Waals surface area contributed by atoms with Crippen LogP contribution in [0.15, 0.2) is 0 Å². The quantitative estimate of drug-likeness (QED) is 0.560. The molecule has 0 aromatic rings. The molecule has 0 amide bonds. The van der Waals surface area contributed by atoms with Crippen molar-refractivity contribution >= 4 is 22.6 Å². The monoisotopic (exact) mass is 264 g/mol. The van der Waals surface area contributed by atoms with Crippen molar-refractivity contribution in [1.29, 1.82) is 5.26 Å². The molecule has 0 aromatic heterocycles. The van der Waals surface area contributed by atoms with Crippen LogP contribution >= 0.6 is 22.6 Å². The first-order valence-corrected chi connectivity index (χ1v) is 5.57. The van der Waals surface area contributed by atoms with E-state index < -0.39 is 0 Å². The molecule has 0 bridgehead atoms. The van der Waals surface area contributed by atoms with Gasteiger partial charge in [-0.25, -0.2) is 0 Å². The Balaban J connectivity index is 2.20. The number of hydrogen-bond acceptors (Lipinski definition) is 2. The molecule has 2 nitrogen and oxygen atoms in total. The molecule has 0 atom stereocenters. The van der Waals surface area contributed by atoms with E-state index in [0.29, 0.717) is 5.92 Å². The number of piperidine rings is 1. The van der Waals surface area contributed by atoms with Crippen molar-refractivity contribution in [2.75, 3.05) is 24.1 Å². The highest BCUT2D eigenvalue weighted by Gasteiger charge is 2.17. The van der Waals surface area contributed by atoms with E-state index >= 15 is 0 Å². The Morgan fingerprint density at radius 3 is 2.55 bits per heavy atom. The van der Waals surface area contributed by atoms with Crippen LogP contribution in [0, 0.1) is 17.2 Å². The van der Waals surface area contributed by atoms with Crippen LogP contribution in [0.25, 0.3) is 0 Å². The fourth-order valence-electron chi connectivity index (χ4n) is 1.41. The summed E-state index contributed by atoms with van der Waals surface area (Å²) >= 11 is 2.40. The van der Waals surface area contributed by atoms with Crippen LogP contribution < -0.4 is 0 Å². The van der Waals surface area contributed by atoms with Gasteiger partial charge in [0.25, 0.3) is 0 Å². The first kappa shape index (κ1) is 9.27. The van der Waals surface area contributed by atoms with Gasteiger partial charge < -0.3 is 4.90 Å². The van der Waals surface area contributed by atoms with Crippen molar-refractivity contribution < 1.29 is 0 Å². The molecule has 0 unspecified atom stereocenters. The molecule has 1 fully saturated rings. The predicted molar refractivity (Wildman–Crippen MR) is 53.7 cm³/mol. The second kappa shape index (κ2) is 4.94. The minimum Gasteiger partial charge on any atom is -0.302 e. The van der Waals surface area contributed by atoms with E-state index in [2.05, 4.69) is 33.6 Å². The minimum absolute atomic E-state index is 0.334. The molecule has 0 spiro atoms. The van der Waals surface area contributed by atoms with E-state index in [-0.39, 0.29) is 0 Å². The molecule has 1 aliphatic heterocycles. The molecule has 0 N–H and O–H groups in total. The second-order valence-electron chi connectivity index (χ2n) is 2.93. The van der Waals surface area contributed by atoms with Gasteiger partial charge in [-0.1, -0.05) is 22.6 Å². The minimum atomic E-state index is 0.334. The number of hydrogen-bond donors (Lipinski definition) is 0. The third kappa shape index (κ3) is 2.96. The van der Waals surface area contributed by atoms with Crippen LogP contribution in [0.2, 0.25) is 0 Å². The molecular weight excluding hydrogens is 251 g/mol. The molecule has 1 rings (SSSR count). The van der Waals surface area contributed by atoms with Crippen molar-refractivity contribution in [2.45, 2.75) is 12.8 Å². The molecule has 11 heavy (non-hydrogen) atoms. The lowest BCUT2D eigenvalue weighted by molar-refractivity contribution is 0.218. The molecule has 0 saturated carbocycles. The van der Waals surface area contributed by atoms with Gasteiger partial charge in [0, 0.05) is 16.9 Å². The fraction of sp³-hybridized carbons (Fsp3) is 0.875. The maximum Gasteiger partial charge on any atom is 0.0656 e. The van der Waals surface area contributed by atoms with Crippen LogP contribution in [-0.4, -0.2) is 29.0 Å². The summed E-state index contributed by atoms with van der Waals surface area (Å²) in [6.45, 7) is 3.45. The largest absolute Gasteiger partial charge is 0.302 e. The van der Waals surface area contributed by atoms with E-state index in [1.54, 1.807) is 0 Å². The predicted octanol–water partition coefficient (Wildman–Crippen LogP) is 1.66. The Morgan fingerprint density at radius 1 is 1.45 bits per heavy atom. The highest BCUT2D eigenvalue weighted by atomic mass is 127. The van der Waals surface area contributed by atoms with E-state index in [9.17, 15) is 0 Å². The molecule has 1 aliphatic rings. The third-order valence-electron chi connectivity index (χ3n) is 2.17. The van der Waals surface area contributed by atoms with Gasteiger partial charge in [-0.05, 0) is 25.9 Å². The average Bonchev–Trinajstić information content (AvgIpc) is 2.07. The first-order chi connectivity index (χ1) is 5.36. The van der Waals surface area contributed by atoms with Gasteiger partial charge in [-0.3, -0.25) is 0 Å². The molecule has 0 radical (unpaired) electrons. The molecule has 3 heteroatoms. The van der Waals surface area contributed by atoms with Crippen LogP contribution in [0.5, 0.6) is 0 Å². The maximum atomic E-state index is 8.64. The summed E-state index contributed by atoms with van der Waals surface area (Å²) in [5.41, 5.74) is 0. The summed E-state index contributed by atoms with van der Waals surface area (Å²) in [7, 11) is 0. The van der Waals surface area contributed by atoms with Gasteiger partial charge in [-0.2, -0.15) is 5.26 Å². The fourth-order valence-corrected chi connectivity index (χ4v) is 2.09. The normalized spacial score (nSPS) is 21.5. The summed E-state index contributed by atoms with van der Waals surface area (Å²) < 4.78 is 1.20. The zero-order chi connectivity index (χ0) is 8.10. The number of alkyl halides is 1. The van der Waals surface area contributed by atoms with E-state index in [1.807, 2.05) is 0 Å². The highest BCUT2D eigenvalue weighted by molar-refractivity contribution is 14.1. The van der Waals surface area contributed by atoms with Gasteiger partial charge in [0.05, 0.1) is 6.07 Å². The molecule has 0 aromatic carbocycles. The number of nitrogens with zero attached hydrogens (tertiary/aromatic N) is 2. The van der Waals surface area contributed by atoms with Gasteiger partial charge in [0.2, 0.25) is 0 Å². The number of halogens is 1.